The van der Waals surface area contributed by atoms with E-state index in [0.717, 1.165) is 0 Å². The molecule has 0 saturated carbocycles. The average molecular weight is 308 g/mol. The third-order valence-electron chi connectivity index (χ3n) is 3.51. The Balaban J connectivity index is 1.91. The standard InChI is InChI=1S/C14H16N2O6/c17-13(15-6-2-3-10(8-15)14(18)19)9-22-12-5-1-4-11(7-12)16(20)21/h1,4-5,7,10H,2-3,6,8-9H2,(H,18,19)/t10-/m0/s1. The molecule has 1 fully saturated rings. The first-order chi connectivity index (χ1) is 10.5. The van der Waals surface area contributed by atoms with Crippen molar-refractivity contribution in [3.8, 4) is 5.75 Å². The summed E-state index contributed by atoms with van der Waals surface area (Å²) in [6.07, 6.45) is 1.20. The molecule has 1 heterocycles. The molecular formula is C14H16N2O6. The van der Waals surface area contributed by atoms with Crippen LogP contribution >= 0.6 is 0 Å². The first-order valence-corrected chi connectivity index (χ1v) is 6.85. The molecule has 0 bridgehead atoms. The zero-order valence-corrected chi connectivity index (χ0v) is 11.8. The Hall–Kier alpha value is -2.64. The number of amides is 1. The van der Waals surface area contributed by atoms with E-state index in [-0.39, 0.29) is 30.5 Å². The number of nitrogens with zero attached hydrogens (tertiary/aromatic N) is 2. The molecule has 0 radical (unpaired) electrons. The Bertz CT molecular complexity index is 588. The fourth-order valence-corrected chi connectivity index (χ4v) is 2.33. The van der Waals surface area contributed by atoms with Gasteiger partial charge in [-0.1, -0.05) is 6.07 Å². The van der Waals surface area contributed by atoms with Crippen LogP contribution in [0.5, 0.6) is 5.75 Å². The van der Waals surface area contributed by atoms with Crippen molar-refractivity contribution in [2.75, 3.05) is 19.7 Å². The fraction of sp³-hybridized carbons (Fsp3) is 0.429. The molecule has 8 nitrogen and oxygen atoms in total. The minimum atomic E-state index is -0.905. The Morgan fingerprint density at radius 3 is 2.91 bits per heavy atom. The molecule has 0 spiro atoms. The lowest BCUT2D eigenvalue weighted by Crippen LogP contribution is -2.44. The Labute approximate surface area is 126 Å². The van der Waals surface area contributed by atoms with Crippen LogP contribution in [0, 0.1) is 16.0 Å². The van der Waals surface area contributed by atoms with Crippen LogP contribution in [0.1, 0.15) is 12.8 Å². The van der Waals surface area contributed by atoms with Crippen LogP contribution in [0.15, 0.2) is 24.3 Å². The molecule has 8 heteroatoms. The largest absolute Gasteiger partial charge is 0.484 e. The summed E-state index contributed by atoms with van der Waals surface area (Å²) in [6.45, 7) is 0.404. The van der Waals surface area contributed by atoms with Crippen LogP contribution in [0.3, 0.4) is 0 Å². The summed E-state index contributed by atoms with van der Waals surface area (Å²) in [5, 5.41) is 19.7. The molecule has 1 atom stereocenters. The number of carboxylic acid groups (broad SMARTS) is 1. The van der Waals surface area contributed by atoms with Gasteiger partial charge in [-0.3, -0.25) is 19.7 Å². The van der Waals surface area contributed by atoms with Gasteiger partial charge in [0.15, 0.2) is 6.61 Å². The molecule has 1 N–H and O–H groups in total. The van der Waals surface area contributed by atoms with Gasteiger partial charge in [-0.15, -0.1) is 0 Å². The summed E-state index contributed by atoms with van der Waals surface area (Å²) >= 11 is 0. The second kappa shape index (κ2) is 6.88. The van der Waals surface area contributed by atoms with Crippen molar-refractivity contribution in [3.05, 3.63) is 34.4 Å². The van der Waals surface area contributed by atoms with Crippen molar-refractivity contribution in [2.24, 2.45) is 5.92 Å². The number of nitro groups is 1. The van der Waals surface area contributed by atoms with Crippen molar-refractivity contribution in [3.63, 3.8) is 0 Å². The van der Waals surface area contributed by atoms with Gasteiger partial charge in [0.1, 0.15) is 5.75 Å². The van der Waals surface area contributed by atoms with Crippen LogP contribution in [-0.4, -0.2) is 46.5 Å². The normalized spacial score (nSPS) is 17.8. The number of carboxylic acids is 1. The van der Waals surface area contributed by atoms with Crippen LogP contribution in [-0.2, 0) is 9.59 Å². The molecule has 0 aromatic heterocycles. The third-order valence-corrected chi connectivity index (χ3v) is 3.51. The van der Waals surface area contributed by atoms with Gasteiger partial charge in [0.05, 0.1) is 16.9 Å². The van der Waals surface area contributed by atoms with E-state index in [0.29, 0.717) is 19.4 Å². The van der Waals surface area contributed by atoms with Gasteiger partial charge in [0, 0.05) is 19.2 Å². The molecule has 1 amide bonds. The molecule has 1 aliphatic rings. The van der Waals surface area contributed by atoms with Gasteiger partial charge < -0.3 is 14.7 Å². The lowest BCUT2D eigenvalue weighted by Gasteiger charge is -2.30. The van der Waals surface area contributed by atoms with E-state index in [1.54, 1.807) is 0 Å². The molecule has 118 valence electrons. The summed E-state index contributed by atoms with van der Waals surface area (Å²) in [6, 6.07) is 5.57. The van der Waals surface area contributed by atoms with Gasteiger partial charge in [-0.2, -0.15) is 0 Å². The molecule has 1 saturated heterocycles. The molecule has 0 unspecified atom stereocenters. The lowest BCUT2D eigenvalue weighted by molar-refractivity contribution is -0.384. The molecule has 1 aromatic rings. The Kier molecular flexibility index (Phi) is 4.92. The number of piperidine rings is 1. The fourth-order valence-electron chi connectivity index (χ4n) is 2.33. The van der Waals surface area contributed by atoms with E-state index in [9.17, 15) is 19.7 Å². The zero-order valence-electron chi connectivity index (χ0n) is 11.8. The van der Waals surface area contributed by atoms with Crippen molar-refractivity contribution in [1.29, 1.82) is 0 Å². The number of aliphatic carboxylic acids is 1. The molecule has 1 aliphatic heterocycles. The monoisotopic (exact) mass is 308 g/mol. The van der Waals surface area contributed by atoms with E-state index in [1.807, 2.05) is 0 Å². The van der Waals surface area contributed by atoms with Crippen molar-refractivity contribution in [1.82, 2.24) is 4.90 Å². The first-order valence-electron chi connectivity index (χ1n) is 6.85. The highest BCUT2D eigenvalue weighted by Gasteiger charge is 2.28. The topological polar surface area (TPSA) is 110 Å². The summed E-state index contributed by atoms with van der Waals surface area (Å²) in [5.41, 5.74) is -0.117. The number of hydrogen-bond acceptors (Lipinski definition) is 5. The second-order valence-corrected chi connectivity index (χ2v) is 5.06. The summed E-state index contributed by atoms with van der Waals surface area (Å²) in [7, 11) is 0. The smallest absolute Gasteiger partial charge is 0.308 e. The number of non-ortho nitro benzene ring substituents is 1. The number of benzene rings is 1. The minimum absolute atomic E-state index is 0.117. The molecule has 2 rings (SSSR count). The van der Waals surface area contributed by atoms with Crippen LogP contribution in [0.4, 0.5) is 5.69 Å². The second-order valence-electron chi connectivity index (χ2n) is 5.06. The first kappa shape index (κ1) is 15.7. The van der Waals surface area contributed by atoms with E-state index in [2.05, 4.69) is 0 Å². The Morgan fingerprint density at radius 2 is 2.23 bits per heavy atom. The maximum absolute atomic E-state index is 12.0. The van der Waals surface area contributed by atoms with E-state index >= 15 is 0 Å². The van der Waals surface area contributed by atoms with Gasteiger partial charge in [0.2, 0.25) is 0 Å². The summed E-state index contributed by atoms with van der Waals surface area (Å²) < 4.78 is 5.26. The van der Waals surface area contributed by atoms with Crippen molar-refractivity contribution < 1.29 is 24.4 Å². The highest BCUT2D eigenvalue weighted by molar-refractivity contribution is 5.79. The molecule has 1 aromatic carbocycles. The molecular weight excluding hydrogens is 292 g/mol. The van der Waals surface area contributed by atoms with Gasteiger partial charge in [0.25, 0.3) is 11.6 Å². The maximum atomic E-state index is 12.0. The summed E-state index contributed by atoms with van der Waals surface area (Å²) in [5.74, 6) is -1.54. The van der Waals surface area contributed by atoms with Crippen molar-refractivity contribution >= 4 is 17.6 Å². The number of hydrogen-bond donors (Lipinski definition) is 1. The predicted molar refractivity (Wildman–Crippen MR) is 75.5 cm³/mol. The number of nitro benzene ring substituents is 1. The SMILES string of the molecule is O=C(O)[C@H]1CCCN(C(=O)COc2cccc([N+](=O)[O-])c2)C1. The van der Waals surface area contributed by atoms with E-state index in [1.165, 1.54) is 29.2 Å². The summed E-state index contributed by atoms with van der Waals surface area (Å²) in [4.78, 5) is 34.6. The number of likely N-dealkylation sites (tertiary alicyclic amines) is 1. The number of carbonyl (C=O) groups is 2. The average Bonchev–Trinajstić information content (AvgIpc) is 2.53. The molecule has 0 aliphatic carbocycles. The third kappa shape index (κ3) is 3.94. The van der Waals surface area contributed by atoms with Crippen LogP contribution in [0.25, 0.3) is 0 Å². The number of ether oxygens (including phenoxy) is 1. The van der Waals surface area contributed by atoms with Crippen molar-refractivity contribution in [2.45, 2.75) is 12.8 Å². The van der Waals surface area contributed by atoms with E-state index in [4.69, 9.17) is 9.84 Å². The van der Waals surface area contributed by atoms with Gasteiger partial charge in [-0.25, -0.2) is 0 Å². The number of carbonyl (C=O) groups excluding carboxylic acids is 1. The highest BCUT2D eigenvalue weighted by Crippen LogP contribution is 2.20. The lowest BCUT2D eigenvalue weighted by atomic mass is 9.98. The zero-order chi connectivity index (χ0) is 16.1. The van der Waals surface area contributed by atoms with Crippen LogP contribution < -0.4 is 4.74 Å². The maximum Gasteiger partial charge on any atom is 0.308 e. The predicted octanol–water partition coefficient (Wildman–Crippen LogP) is 1.30. The van der Waals surface area contributed by atoms with Gasteiger partial charge >= 0.3 is 5.97 Å². The minimum Gasteiger partial charge on any atom is -0.484 e. The Morgan fingerprint density at radius 1 is 1.45 bits per heavy atom. The highest BCUT2D eigenvalue weighted by atomic mass is 16.6. The number of rotatable bonds is 5. The van der Waals surface area contributed by atoms with Gasteiger partial charge in [-0.05, 0) is 18.9 Å². The van der Waals surface area contributed by atoms with E-state index < -0.39 is 16.8 Å². The molecule has 22 heavy (non-hydrogen) atoms. The quantitative estimate of drug-likeness (QED) is 0.648. The van der Waals surface area contributed by atoms with Crippen LogP contribution in [0.2, 0.25) is 0 Å².